The number of carbonyl (C=O) groups excluding carboxylic acids is 1. The van der Waals surface area contributed by atoms with Crippen LogP contribution in [0.1, 0.15) is 40.5 Å². The number of rotatable bonds is 7. The zero-order valence-electron chi connectivity index (χ0n) is 11.2. The molecule has 2 atom stereocenters. The summed E-state index contributed by atoms with van der Waals surface area (Å²) in [4.78, 5) is 11.2. The van der Waals surface area contributed by atoms with Crippen LogP contribution in [0.4, 0.5) is 0 Å². The van der Waals surface area contributed by atoms with Crippen molar-refractivity contribution in [3.63, 3.8) is 0 Å². The quantitative estimate of drug-likeness (QED) is 0.407. The molecule has 0 saturated carbocycles. The van der Waals surface area contributed by atoms with Crippen LogP contribution >= 0.6 is 0 Å². The molecule has 0 rings (SSSR count). The summed E-state index contributed by atoms with van der Waals surface area (Å²) in [5.74, 6) is -0.760. The minimum atomic E-state index is -1.13. The van der Waals surface area contributed by atoms with Crippen LogP contribution in [0, 0.1) is 11.3 Å². The van der Waals surface area contributed by atoms with Crippen molar-refractivity contribution >= 4 is 5.97 Å². The van der Waals surface area contributed by atoms with E-state index in [-0.39, 0.29) is 23.5 Å². The van der Waals surface area contributed by atoms with Crippen molar-refractivity contribution in [2.45, 2.75) is 46.8 Å². The van der Waals surface area contributed by atoms with Crippen molar-refractivity contribution in [2.24, 2.45) is 11.3 Å². The Hall–Kier alpha value is -0.870. The maximum absolute atomic E-state index is 11.2. The summed E-state index contributed by atoms with van der Waals surface area (Å²) in [6.07, 6.45) is 0.189. The second-order valence-electron chi connectivity index (χ2n) is 5.40. The molecule has 4 heteroatoms. The summed E-state index contributed by atoms with van der Waals surface area (Å²) in [6, 6.07) is 0. The van der Waals surface area contributed by atoms with E-state index in [2.05, 4.69) is 6.58 Å². The Morgan fingerprint density at radius 2 is 2.00 bits per heavy atom. The van der Waals surface area contributed by atoms with Gasteiger partial charge in [0.1, 0.15) is 0 Å². The molecule has 4 nitrogen and oxygen atoms in total. The molecule has 0 heterocycles. The van der Waals surface area contributed by atoms with Crippen LogP contribution in [-0.4, -0.2) is 29.1 Å². The van der Waals surface area contributed by atoms with Crippen molar-refractivity contribution in [2.75, 3.05) is 6.61 Å². The molecule has 0 aromatic rings. The normalized spacial score (nSPS) is 15.2. The highest BCUT2D eigenvalue weighted by Crippen LogP contribution is 2.30. The predicted molar refractivity (Wildman–Crippen MR) is 66.2 cm³/mol. The van der Waals surface area contributed by atoms with Gasteiger partial charge in [-0.3, -0.25) is 0 Å². The van der Waals surface area contributed by atoms with E-state index in [0.717, 1.165) is 0 Å². The number of carbonyl (C=O) groups is 1. The maximum atomic E-state index is 11.2. The van der Waals surface area contributed by atoms with Gasteiger partial charge in [-0.05, 0) is 25.2 Å². The van der Waals surface area contributed by atoms with Gasteiger partial charge in [-0.25, -0.2) is 4.79 Å². The van der Waals surface area contributed by atoms with Gasteiger partial charge in [0.05, 0.1) is 0 Å². The van der Waals surface area contributed by atoms with Gasteiger partial charge in [0.25, 0.3) is 0 Å². The van der Waals surface area contributed by atoms with E-state index in [1.54, 1.807) is 0 Å². The fraction of sp³-hybridized carbons (Fsp3) is 0.769. The molecule has 0 aromatic carbocycles. The van der Waals surface area contributed by atoms with Crippen LogP contribution in [-0.2, 0) is 9.53 Å². The first-order chi connectivity index (χ1) is 7.69. The molecule has 0 aliphatic rings. The highest BCUT2D eigenvalue weighted by atomic mass is 16.6. The molecule has 17 heavy (non-hydrogen) atoms. The Morgan fingerprint density at radius 3 is 2.41 bits per heavy atom. The fourth-order valence-corrected chi connectivity index (χ4v) is 1.70. The van der Waals surface area contributed by atoms with E-state index in [1.165, 1.54) is 6.92 Å². The van der Waals surface area contributed by atoms with Crippen molar-refractivity contribution in [1.82, 2.24) is 0 Å². The second kappa shape index (κ2) is 6.77. The van der Waals surface area contributed by atoms with Crippen molar-refractivity contribution in [1.29, 1.82) is 0 Å². The van der Waals surface area contributed by atoms with E-state index in [9.17, 15) is 9.90 Å². The number of hydrogen-bond acceptors (Lipinski definition) is 4. The lowest BCUT2D eigenvalue weighted by molar-refractivity contribution is -0.173. The zero-order valence-corrected chi connectivity index (χ0v) is 11.2. The van der Waals surface area contributed by atoms with Crippen LogP contribution in [0.2, 0.25) is 0 Å². The largest absolute Gasteiger partial charge is 0.432 e. The first-order valence-corrected chi connectivity index (χ1v) is 5.85. The lowest BCUT2D eigenvalue weighted by atomic mass is 9.80. The van der Waals surface area contributed by atoms with Gasteiger partial charge in [0.2, 0.25) is 6.29 Å². The summed E-state index contributed by atoms with van der Waals surface area (Å²) < 4.78 is 4.85. The molecule has 0 aromatic heterocycles. The average molecular weight is 244 g/mol. The van der Waals surface area contributed by atoms with E-state index in [0.29, 0.717) is 12.8 Å². The van der Waals surface area contributed by atoms with Gasteiger partial charge in [0, 0.05) is 18.1 Å². The molecule has 0 bridgehead atoms. The predicted octanol–water partition coefficient (Wildman–Crippen LogP) is 1.86. The van der Waals surface area contributed by atoms with Gasteiger partial charge < -0.3 is 14.9 Å². The Labute approximate surface area is 103 Å². The zero-order chi connectivity index (χ0) is 13.6. The lowest BCUT2D eigenvalue weighted by Gasteiger charge is -2.29. The Kier molecular flexibility index (Phi) is 6.42. The van der Waals surface area contributed by atoms with Gasteiger partial charge >= 0.3 is 5.97 Å². The molecule has 0 saturated heterocycles. The third-order valence-corrected chi connectivity index (χ3v) is 2.73. The van der Waals surface area contributed by atoms with E-state index < -0.39 is 12.3 Å². The Balaban J connectivity index is 4.26. The van der Waals surface area contributed by atoms with Crippen LogP contribution in [0.25, 0.3) is 0 Å². The topological polar surface area (TPSA) is 66.8 Å². The van der Waals surface area contributed by atoms with Crippen LogP contribution in [0.3, 0.4) is 0 Å². The molecule has 2 unspecified atom stereocenters. The van der Waals surface area contributed by atoms with Gasteiger partial charge in [0.15, 0.2) is 0 Å². The second-order valence-corrected chi connectivity index (χ2v) is 5.40. The van der Waals surface area contributed by atoms with Crippen LogP contribution < -0.4 is 0 Å². The number of ether oxygens (including phenoxy) is 1. The van der Waals surface area contributed by atoms with Crippen molar-refractivity contribution in [3.8, 4) is 0 Å². The maximum Gasteiger partial charge on any atom is 0.335 e. The SMILES string of the molecule is C=C(C)C(=O)OC(O)C(C)CC(C)(C)CCO. The third-order valence-electron chi connectivity index (χ3n) is 2.73. The average Bonchev–Trinajstić information content (AvgIpc) is 2.16. The molecule has 100 valence electrons. The summed E-state index contributed by atoms with van der Waals surface area (Å²) >= 11 is 0. The van der Waals surface area contributed by atoms with Crippen molar-refractivity contribution < 1.29 is 19.7 Å². The minimum absolute atomic E-state index is 0.0925. The first-order valence-electron chi connectivity index (χ1n) is 5.85. The monoisotopic (exact) mass is 244 g/mol. The summed E-state index contributed by atoms with van der Waals surface area (Å²) in [5.41, 5.74) is 0.177. The summed E-state index contributed by atoms with van der Waals surface area (Å²) in [7, 11) is 0. The Bertz CT molecular complexity index is 271. The first kappa shape index (κ1) is 16.1. The number of aliphatic hydroxyl groups excluding tert-OH is 2. The van der Waals surface area contributed by atoms with Gasteiger partial charge in [-0.15, -0.1) is 0 Å². The molecule has 0 spiro atoms. The van der Waals surface area contributed by atoms with E-state index >= 15 is 0 Å². The highest BCUT2D eigenvalue weighted by Gasteiger charge is 2.26. The summed E-state index contributed by atoms with van der Waals surface area (Å²) in [6.45, 7) is 10.9. The fourth-order valence-electron chi connectivity index (χ4n) is 1.70. The van der Waals surface area contributed by atoms with Crippen molar-refractivity contribution in [3.05, 3.63) is 12.2 Å². The molecular weight excluding hydrogens is 220 g/mol. The van der Waals surface area contributed by atoms with Gasteiger partial charge in [-0.2, -0.15) is 0 Å². The highest BCUT2D eigenvalue weighted by molar-refractivity contribution is 5.86. The Morgan fingerprint density at radius 1 is 1.47 bits per heavy atom. The van der Waals surface area contributed by atoms with E-state index in [1.807, 2.05) is 20.8 Å². The summed E-state index contributed by atoms with van der Waals surface area (Å²) in [5, 5.41) is 18.6. The number of hydrogen-bond donors (Lipinski definition) is 2. The molecule has 0 aliphatic carbocycles. The molecule has 0 aliphatic heterocycles. The molecule has 0 amide bonds. The molecule has 2 N–H and O–H groups in total. The minimum Gasteiger partial charge on any atom is -0.432 e. The van der Waals surface area contributed by atoms with E-state index in [4.69, 9.17) is 9.84 Å². The molecule has 0 radical (unpaired) electrons. The lowest BCUT2D eigenvalue weighted by Crippen LogP contribution is -2.29. The number of esters is 1. The molecule has 0 fully saturated rings. The smallest absolute Gasteiger partial charge is 0.335 e. The van der Waals surface area contributed by atoms with Crippen LogP contribution in [0.15, 0.2) is 12.2 Å². The third kappa shape index (κ3) is 6.44. The van der Waals surface area contributed by atoms with Gasteiger partial charge in [-0.1, -0.05) is 27.4 Å². The standard InChI is InChI=1S/C13H24O4/c1-9(2)11(15)17-12(16)10(3)8-13(4,5)6-7-14/h10,12,14,16H,1,6-8H2,2-5H3. The molecular formula is C13H24O4. The number of aliphatic hydroxyl groups is 2. The van der Waals surface area contributed by atoms with Crippen LogP contribution in [0.5, 0.6) is 0 Å².